The van der Waals surface area contributed by atoms with E-state index in [-0.39, 0.29) is 11.9 Å². The van der Waals surface area contributed by atoms with Gasteiger partial charge in [0.1, 0.15) is 0 Å². The van der Waals surface area contributed by atoms with Gasteiger partial charge in [-0.1, -0.05) is 27.2 Å². The van der Waals surface area contributed by atoms with E-state index in [1.54, 1.807) is 24.3 Å². The molecule has 1 amide bonds. The van der Waals surface area contributed by atoms with Gasteiger partial charge in [0.05, 0.1) is 12.7 Å². The van der Waals surface area contributed by atoms with Crippen LogP contribution in [0.25, 0.3) is 0 Å². The highest BCUT2D eigenvalue weighted by Gasteiger charge is 2.31. The molecule has 0 unspecified atom stereocenters. The van der Waals surface area contributed by atoms with Crippen LogP contribution in [-0.2, 0) is 4.74 Å². The number of hydrogen-bond acceptors (Lipinski definition) is 3. The van der Waals surface area contributed by atoms with Gasteiger partial charge >= 0.3 is 5.97 Å². The number of ether oxygens (including phenoxy) is 1. The standard InChI is InChI=1S/C19H27NO3/c1-12(2)16-10-5-13(3)11-17(16)20-18(21)14-6-8-15(9-7-14)19(22)23-4/h6-9,12-13,16-17H,5,10-11H2,1-4H3,(H,20,21)/t13-,16-,17+/m1/s1. The summed E-state index contributed by atoms with van der Waals surface area (Å²) in [6.45, 7) is 6.71. The number of nitrogens with one attached hydrogen (secondary N) is 1. The Bertz CT molecular complexity index is 550. The van der Waals surface area contributed by atoms with Crippen molar-refractivity contribution in [3.8, 4) is 0 Å². The zero-order valence-electron chi connectivity index (χ0n) is 14.5. The van der Waals surface area contributed by atoms with Crippen molar-refractivity contribution in [2.24, 2.45) is 17.8 Å². The van der Waals surface area contributed by atoms with Crippen LogP contribution in [0.3, 0.4) is 0 Å². The zero-order chi connectivity index (χ0) is 17.0. The van der Waals surface area contributed by atoms with E-state index in [4.69, 9.17) is 0 Å². The summed E-state index contributed by atoms with van der Waals surface area (Å²) in [5.74, 6) is 1.29. The lowest BCUT2D eigenvalue weighted by molar-refractivity contribution is 0.0600. The number of amides is 1. The molecule has 0 aromatic heterocycles. The maximum absolute atomic E-state index is 12.5. The van der Waals surface area contributed by atoms with Gasteiger partial charge in [-0.2, -0.15) is 0 Å². The van der Waals surface area contributed by atoms with Crippen molar-refractivity contribution < 1.29 is 14.3 Å². The molecule has 0 spiro atoms. The van der Waals surface area contributed by atoms with E-state index in [0.717, 1.165) is 6.42 Å². The molecule has 1 N–H and O–H groups in total. The van der Waals surface area contributed by atoms with Crippen molar-refractivity contribution in [3.63, 3.8) is 0 Å². The summed E-state index contributed by atoms with van der Waals surface area (Å²) in [5.41, 5.74) is 1.04. The molecule has 2 rings (SSSR count). The molecule has 4 heteroatoms. The van der Waals surface area contributed by atoms with Crippen LogP contribution in [0.4, 0.5) is 0 Å². The molecule has 1 aliphatic rings. The molecule has 0 radical (unpaired) electrons. The molecule has 1 fully saturated rings. The lowest BCUT2D eigenvalue weighted by atomic mass is 9.74. The van der Waals surface area contributed by atoms with Crippen molar-refractivity contribution in [1.29, 1.82) is 0 Å². The lowest BCUT2D eigenvalue weighted by Gasteiger charge is -2.37. The van der Waals surface area contributed by atoms with Gasteiger partial charge in [0, 0.05) is 11.6 Å². The second-order valence-electron chi connectivity index (χ2n) is 6.97. The fraction of sp³-hybridized carbons (Fsp3) is 0.579. The van der Waals surface area contributed by atoms with E-state index in [1.807, 2.05) is 0 Å². The predicted molar refractivity (Wildman–Crippen MR) is 90.4 cm³/mol. The number of carbonyl (C=O) groups is 2. The molecule has 0 saturated heterocycles. The maximum atomic E-state index is 12.5. The van der Waals surface area contributed by atoms with Crippen molar-refractivity contribution in [3.05, 3.63) is 35.4 Å². The van der Waals surface area contributed by atoms with Crippen LogP contribution in [0.5, 0.6) is 0 Å². The fourth-order valence-electron chi connectivity index (χ4n) is 3.50. The number of hydrogen-bond donors (Lipinski definition) is 1. The van der Waals surface area contributed by atoms with Gasteiger partial charge in [-0.3, -0.25) is 4.79 Å². The average Bonchev–Trinajstić information content (AvgIpc) is 2.54. The summed E-state index contributed by atoms with van der Waals surface area (Å²) in [4.78, 5) is 24.0. The van der Waals surface area contributed by atoms with E-state index < -0.39 is 5.97 Å². The van der Waals surface area contributed by atoms with Crippen molar-refractivity contribution in [2.45, 2.75) is 46.1 Å². The van der Waals surface area contributed by atoms with Crippen molar-refractivity contribution in [1.82, 2.24) is 5.32 Å². The Hall–Kier alpha value is -1.84. The first-order valence-electron chi connectivity index (χ1n) is 8.41. The third-order valence-electron chi connectivity index (χ3n) is 4.91. The first kappa shape index (κ1) is 17.5. The first-order chi connectivity index (χ1) is 10.9. The van der Waals surface area contributed by atoms with Crippen LogP contribution in [0.15, 0.2) is 24.3 Å². The van der Waals surface area contributed by atoms with Crippen LogP contribution in [0.2, 0.25) is 0 Å². The SMILES string of the molecule is COC(=O)c1ccc(C(=O)N[C@H]2C[C@H](C)CC[C@@H]2C(C)C)cc1. The van der Waals surface area contributed by atoms with Crippen LogP contribution in [0.1, 0.15) is 60.7 Å². The van der Waals surface area contributed by atoms with Crippen LogP contribution >= 0.6 is 0 Å². The third-order valence-corrected chi connectivity index (χ3v) is 4.91. The minimum absolute atomic E-state index is 0.0637. The molecular formula is C19H27NO3. The number of methoxy groups -OCH3 is 1. The van der Waals surface area contributed by atoms with Crippen LogP contribution < -0.4 is 5.32 Å². The summed E-state index contributed by atoms with van der Waals surface area (Å²) in [7, 11) is 1.35. The van der Waals surface area contributed by atoms with Gasteiger partial charge < -0.3 is 10.1 Å². The quantitative estimate of drug-likeness (QED) is 0.862. The zero-order valence-corrected chi connectivity index (χ0v) is 14.5. The topological polar surface area (TPSA) is 55.4 Å². The summed E-state index contributed by atoms with van der Waals surface area (Å²) < 4.78 is 4.67. The average molecular weight is 317 g/mol. The summed E-state index contributed by atoms with van der Waals surface area (Å²) in [6, 6.07) is 6.84. The molecule has 1 aromatic rings. The summed E-state index contributed by atoms with van der Waals surface area (Å²) >= 11 is 0. The molecule has 3 atom stereocenters. The monoisotopic (exact) mass is 317 g/mol. The van der Waals surface area contributed by atoms with E-state index in [9.17, 15) is 9.59 Å². The number of esters is 1. The second-order valence-corrected chi connectivity index (χ2v) is 6.97. The minimum Gasteiger partial charge on any atom is -0.465 e. The fourth-order valence-corrected chi connectivity index (χ4v) is 3.50. The van der Waals surface area contributed by atoms with Gasteiger partial charge in [0.15, 0.2) is 0 Å². The van der Waals surface area contributed by atoms with Crippen LogP contribution in [-0.4, -0.2) is 25.0 Å². The molecule has 0 aliphatic heterocycles. The van der Waals surface area contributed by atoms with E-state index in [0.29, 0.717) is 28.9 Å². The highest BCUT2D eigenvalue weighted by Crippen LogP contribution is 2.33. The highest BCUT2D eigenvalue weighted by molar-refractivity contribution is 5.96. The lowest BCUT2D eigenvalue weighted by Crippen LogP contribution is -2.45. The molecular weight excluding hydrogens is 290 g/mol. The van der Waals surface area contributed by atoms with E-state index in [2.05, 4.69) is 30.8 Å². The molecule has 23 heavy (non-hydrogen) atoms. The van der Waals surface area contributed by atoms with Gasteiger partial charge in [-0.25, -0.2) is 4.79 Å². The van der Waals surface area contributed by atoms with Gasteiger partial charge in [-0.05, 0) is 54.9 Å². The maximum Gasteiger partial charge on any atom is 0.337 e. The first-order valence-corrected chi connectivity index (χ1v) is 8.41. The number of benzene rings is 1. The summed E-state index contributed by atoms with van der Waals surface area (Å²) in [6.07, 6.45) is 3.45. The van der Waals surface area contributed by atoms with Gasteiger partial charge in [-0.15, -0.1) is 0 Å². The Morgan fingerprint density at radius 2 is 1.74 bits per heavy atom. The normalized spacial score (nSPS) is 24.3. The van der Waals surface area contributed by atoms with Gasteiger partial charge in [0.25, 0.3) is 5.91 Å². The Kier molecular flexibility index (Phi) is 5.80. The molecule has 126 valence electrons. The molecule has 1 saturated carbocycles. The second kappa shape index (κ2) is 7.62. The van der Waals surface area contributed by atoms with E-state index in [1.165, 1.54) is 20.0 Å². The number of rotatable bonds is 4. The Morgan fingerprint density at radius 3 is 2.30 bits per heavy atom. The Morgan fingerprint density at radius 1 is 1.13 bits per heavy atom. The molecule has 0 heterocycles. The minimum atomic E-state index is -0.391. The molecule has 0 bridgehead atoms. The van der Waals surface area contributed by atoms with Crippen molar-refractivity contribution >= 4 is 11.9 Å². The molecule has 4 nitrogen and oxygen atoms in total. The molecule has 1 aromatic carbocycles. The highest BCUT2D eigenvalue weighted by atomic mass is 16.5. The Balaban J connectivity index is 2.06. The largest absolute Gasteiger partial charge is 0.465 e. The van der Waals surface area contributed by atoms with Crippen LogP contribution in [0, 0.1) is 17.8 Å². The predicted octanol–water partition coefficient (Wildman–Crippen LogP) is 3.66. The van der Waals surface area contributed by atoms with E-state index >= 15 is 0 Å². The summed E-state index contributed by atoms with van der Waals surface area (Å²) in [5, 5.41) is 3.20. The number of carbonyl (C=O) groups excluding carboxylic acids is 2. The third kappa shape index (κ3) is 4.34. The molecule has 1 aliphatic carbocycles. The van der Waals surface area contributed by atoms with Crippen molar-refractivity contribution in [2.75, 3.05) is 7.11 Å². The smallest absolute Gasteiger partial charge is 0.337 e. The van der Waals surface area contributed by atoms with Gasteiger partial charge in [0.2, 0.25) is 0 Å². The Labute approximate surface area is 138 Å².